The number of rotatable bonds is 5. The third-order valence-electron chi connectivity index (χ3n) is 3.50. The van der Waals surface area contributed by atoms with E-state index >= 15 is 0 Å². The van der Waals surface area contributed by atoms with E-state index in [1.807, 2.05) is 6.92 Å². The molecule has 0 saturated heterocycles. The Morgan fingerprint density at radius 2 is 2.25 bits per heavy atom. The Bertz CT molecular complexity index is 599. The lowest BCUT2D eigenvalue weighted by Gasteiger charge is -2.05. The lowest BCUT2D eigenvalue weighted by molar-refractivity contribution is 0.113. The highest BCUT2D eigenvalue weighted by Gasteiger charge is 2.12. The van der Waals surface area contributed by atoms with Crippen LogP contribution in [0.4, 0.5) is 5.13 Å². The maximum Gasteiger partial charge on any atom is 0.202 e. The summed E-state index contributed by atoms with van der Waals surface area (Å²) in [4.78, 5) is 4.43. The van der Waals surface area contributed by atoms with Gasteiger partial charge in [0, 0.05) is 38.3 Å². The van der Waals surface area contributed by atoms with Gasteiger partial charge in [-0.2, -0.15) is 4.37 Å². The highest BCUT2D eigenvalue weighted by molar-refractivity contribution is 7.09. The van der Waals surface area contributed by atoms with Gasteiger partial charge in [-0.3, -0.25) is 0 Å². The molecule has 0 saturated carbocycles. The predicted molar refractivity (Wildman–Crippen MR) is 79.6 cm³/mol. The van der Waals surface area contributed by atoms with Gasteiger partial charge in [0.15, 0.2) is 5.82 Å². The van der Waals surface area contributed by atoms with Gasteiger partial charge in [-0.1, -0.05) is 18.2 Å². The third-order valence-corrected chi connectivity index (χ3v) is 4.19. The summed E-state index contributed by atoms with van der Waals surface area (Å²) in [5.74, 6) is 0.734. The Kier molecular flexibility index (Phi) is 3.95. The quantitative estimate of drug-likeness (QED) is 0.886. The Labute approximate surface area is 122 Å². The first kappa shape index (κ1) is 13.5. The molecule has 1 atom stereocenters. The molecule has 1 aliphatic heterocycles. The molecule has 1 aromatic carbocycles. The van der Waals surface area contributed by atoms with Gasteiger partial charge in [-0.25, -0.2) is 4.98 Å². The van der Waals surface area contributed by atoms with Gasteiger partial charge in [0.05, 0.1) is 0 Å². The van der Waals surface area contributed by atoms with Crippen LogP contribution in [0.1, 0.15) is 35.5 Å². The second-order valence-electron chi connectivity index (χ2n) is 4.90. The monoisotopic (exact) mass is 290 g/mol. The number of anilines is 1. The summed E-state index contributed by atoms with van der Waals surface area (Å²) in [5, 5.41) is 7.51. The normalized spacial score (nSPS) is 15.1. The summed E-state index contributed by atoms with van der Waals surface area (Å²) >= 11 is 1.37. The molecule has 20 heavy (non-hydrogen) atoms. The van der Waals surface area contributed by atoms with Gasteiger partial charge in [0.1, 0.15) is 6.10 Å². The number of aromatic nitrogens is 2. The molecule has 0 fully saturated rings. The van der Waals surface area contributed by atoms with Crippen molar-refractivity contribution in [3.63, 3.8) is 0 Å². The van der Waals surface area contributed by atoms with Crippen LogP contribution in [0.5, 0.6) is 0 Å². The van der Waals surface area contributed by atoms with E-state index in [1.165, 1.54) is 28.2 Å². The van der Waals surface area contributed by atoms with Gasteiger partial charge in [0.2, 0.25) is 5.13 Å². The zero-order valence-corrected chi connectivity index (χ0v) is 12.5. The van der Waals surface area contributed by atoms with Crippen LogP contribution in [0.25, 0.3) is 0 Å². The molecule has 3 rings (SSSR count). The zero-order valence-electron chi connectivity index (χ0n) is 11.6. The van der Waals surface area contributed by atoms with E-state index in [0.29, 0.717) is 0 Å². The molecular formula is C14H18N4OS. The van der Waals surface area contributed by atoms with Crippen molar-refractivity contribution in [1.82, 2.24) is 14.7 Å². The maximum atomic E-state index is 5.21. The van der Waals surface area contributed by atoms with E-state index in [9.17, 15) is 0 Å². The number of fused-ring (bicyclic) bond motifs is 1. The summed E-state index contributed by atoms with van der Waals surface area (Å²) < 4.78 is 9.50. The number of methoxy groups -OCH3 is 1. The Morgan fingerprint density at radius 3 is 3.10 bits per heavy atom. The van der Waals surface area contributed by atoms with Crippen molar-refractivity contribution in [1.29, 1.82) is 0 Å². The lowest BCUT2D eigenvalue weighted by Crippen LogP contribution is -2.02. The standard InChI is InChI=1S/C14H18N4OS/c1-9(19-2)13-17-14(20-18-13)16-6-10-3-4-11-7-15-8-12(11)5-10/h3-5,9,15H,6-8H2,1-2H3,(H,16,17,18). The van der Waals surface area contributed by atoms with Crippen LogP contribution in [0.3, 0.4) is 0 Å². The number of hydrogen-bond acceptors (Lipinski definition) is 6. The molecule has 6 heteroatoms. The van der Waals surface area contributed by atoms with E-state index in [1.54, 1.807) is 7.11 Å². The molecule has 106 valence electrons. The van der Waals surface area contributed by atoms with Gasteiger partial charge in [0.25, 0.3) is 0 Å². The highest BCUT2D eigenvalue weighted by atomic mass is 32.1. The van der Waals surface area contributed by atoms with E-state index in [-0.39, 0.29) is 6.10 Å². The number of ether oxygens (including phenoxy) is 1. The molecule has 0 radical (unpaired) electrons. The van der Waals surface area contributed by atoms with Crippen molar-refractivity contribution in [2.45, 2.75) is 32.7 Å². The van der Waals surface area contributed by atoms with E-state index in [2.05, 4.69) is 38.2 Å². The van der Waals surface area contributed by atoms with E-state index in [4.69, 9.17) is 4.74 Å². The number of benzene rings is 1. The zero-order chi connectivity index (χ0) is 13.9. The molecule has 0 bridgehead atoms. The minimum absolute atomic E-state index is 0.0622. The largest absolute Gasteiger partial charge is 0.374 e. The van der Waals surface area contributed by atoms with Gasteiger partial charge >= 0.3 is 0 Å². The first-order valence-corrected chi connectivity index (χ1v) is 7.45. The van der Waals surface area contributed by atoms with Crippen LogP contribution in [0, 0.1) is 0 Å². The van der Waals surface area contributed by atoms with Crippen LogP contribution >= 0.6 is 11.5 Å². The average molecular weight is 290 g/mol. The topological polar surface area (TPSA) is 59.1 Å². The summed E-state index contributed by atoms with van der Waals surface area (Å²) in [7, 11) is 1.66. The summed E-state index contributed by atoms with van der Waals surface area (Å²) in [6.45, 7) is 4.66. The molecular weight excluding hydrogens is 272 g/mol. The van der Waals surface area contributed by atoms with Crippen LogP contribution in [-0.4, -0.2) is 16.5 Å². The third kappa shape index (κ3) is 2.82. The first-order valence-electron chi connectivity index (χ1n) is 6.68. The average Bonchev–Trinajstić information content (AvgIpc) is 3.12. The molecule has 2 aromatic rings. The number of hydrogen-bond donors (Lipinski definition) is 2. The molecule has 1 aliphatic rings. The molecule has 1 aromatic heterocycles. The SMILES string of the molecule is COC(C)c1nsc(NCc2ccc3c(c2)CNC3)n1. The van der Waals surface area contributed by atoms with Gasteiger partial charge in [-0.15, -0.1) is 0 Å². The van der Waals surface area contributed by atoms with Gasteiger partial charge < -0.3 is 15.4 Å². The molecule has 2 heterocycles. The van der Waals surface area contributed by atoms with Crippen LogP contribution in [0.2, 0.25) is 0 Å². The van der Waals surface area contributed by atoms with Crippen molar-refractivity contribution in [2.75, 3.05) is 12.4 Å². The predicted octanol–water partition coefficient (Wildman–Crippen LogP) is 2.46. The fraction of sp³-hybridized carbons (Fsp3) is 0.429. The number of nitrogens with zero attached hydrogens (tertiary/aromatic N) is 2. The molecule has 0 spiro atoms. The van der Waals surface area contributed by atoms with Crippen molar-refractivity contribution >= 4 is 16.7 Å². The highest BCUT2D eigenvalue weighted by Crippen LogP contribution is 2.20. The maximum absolute atomic E-state index is 5.21. The van der Waals surface area contributed by atoms with Crippen LogP contribution in [-0.2, 0) is 24.4 Å². The minimum Gasteiger partial charge on any atom is -0.374 e. The number of nitrogens with one attached hydrogen (secondary N) is 2. The molecule has 1 unspecified atom stereocenters. The van der Waals surface area contributed by atoms with E-state index < -0.39 is 0 Å². The smallest absolute Gasteiger partial charge is 0.202 e. The summed E-state index contributed by atoms with van der Waals surface area (Å²) in [6, 6.07) is 6.62. The molecule has 0 aliphatic carbocycles. The molecule has 5 nitrogen and oxygen atoms in total. The first-order chi connectivity index (χ1) is 9.76. The van der Waals surface area contributed by atoms with Crippen LogP contribution in [0.15, 0.2) is 18.2 Å². The minimum atomic E-state index is -0.0622. The van der Waals surface area contributed by atoms with Crippen molar-refractivity contribution < 1.29 is 4.74 Å². The fourth-order valence-electron chi connectivity index (χ4n) is 2.21. The fourth-order valence-corrected chi connectivity index (χ4v) is 2.85. The van der Waals surface area contributed by atoms with Crippen LogP contribution < -0.4 is 10.6 Å². The lowest BCUT2D eigenvalue weighted by atomic mass is 10.1. The summed E-state index contributed by atoms with van der Waals surface area (Å²) in [5.41, 5.74) is 4.07. The van der Waals surface area contributed by atoms with Gasteiger partial charge in [-0.05, 0) is 23.6 Å². The van der Waals surface area contributed by atoms with Crippen molar-refractivity contribution in [3.8, 4) is 0 Å². The molecule has 0 amide bonds. The Morgan fingerprint density at radius 1 is 1.40 bits per heavy atom. The second-order valence-corrected chi connectivity index (χ2v) is 5.65. The summed E-state index contributed by atoms with van der Waals surface area (Å²) in [6.07, 6.45) is -0.0622. The second kappa shape index (κ2) is 5.87. The van der Waals surface area contributed by atoms with E-state index in [0.717, 1.165) is 30.6 Å². The van der Waals surface area contributed by atoms with Crippen molar-refractivity contribution in [3.05, 3.63) is 40.7 Å². The Balaban J connectivity index is 1.63. The molecule has 2 N–H and O–H groups in total. The Hall–Kier alpha value is -1.50. The van der Waals surface area contributed by atoms with Crippen molar-refractivity contribution in [2.24, 2.45) is 0 Å².